The number of nitrogens with one attached hydrogen (secondary N) is 1. The fourth-order valence-corrected chi connectivity index (χ4v) is 3.08. The van der Waals surface area contributed by atoms with Crippen LogP contribution in [-0.2, 0) is 15.0 Å². The van der Waals surface area contributed by atoms with Crippen molar-refractivity contribution in [3.05, 3.63) is 15.6 Å². The number of carbonyl (C=O) groups excluding carboxylic acids is 2. The van der Waals surface area contributed by atoms with Crippen LogP contribution in [0.5, 0.6) is 0 Å². The average molecular weight is 355 g/mol. The fraction of sp³-hybridized carbons (Fsp3) is 0.625. The summed E-state index contributed by atoms with van der Waals surface area (Å²) in [5, 5.41) is 12.7. The lowest BCUT2D eigenvalue weighted by Gasteiger charge is -2.26. The molecule has 0 aliphatic heterocycles. The van der Waals surface area contributed by atoms with E-state index >= 15 is 0 Å². The number of amides is 2. The van der Waals surface area contributed by atoms with Crippen LogP contribution < -0.4 is 5.32 Å². The van der Waals surface area contributed by atoms with Crippen LogP contribution in [0.25, 0.3) is 0 Å². The highest BCUT2D eigenvalue weighted by atomic mass is 32.1. The first kappa shape index (κ1) is 20.1. The highest BCUT2D eigenvalue weighted by molar-refractivity contribution is 7.14. The van der Waals surface area contributed by atoms with Crippen molar-refractivity contribution in [1.29, 1.82) is 0 Å². The van der Waals surface area contributed by atoms with E-state index in [1.54, 1.807) is 6.92 Å². The Kier molecular flexibility index (Phi) is 6.48. The molecule has 24 heavy (non-hydrogen) atoms. The molecule has 0 fully saturated rings. The second-order valence-electron chi connectivity index (χ2n) is 6.68. The number of carboxylic acids is 1. The first-order valence-electron chi connectivity index (χ1n) is 7.71. The van der Waals surface area contributed by atoms with E-state index < -0.39 is 12.0 Å². The van der Waals surface area contributed by atoms with E-state index in [0.29, 0.717) is 10.6 Å². The molecule has 1 aromatic rings. The van der Waals surface area contributed by atoms with Crippen LogP contribution in [0.15, 0.2) is 0 Å². The number of rotatable bonds is 6. The Balaban J connectivity index is 3.09. The van der Waals surface area contributed by atoms with Gasteiger partial charge in [0.15, 0.2) is 0 Å². The number of thiazole rings is 1. The van der Waals surface area contributed by atoms with Gasteiger partial charge in [0.25, 0.3) is 5.91 Å². The Morgan fingerprint density at radius 3 is 2.33 bits per heavy atom. The molecule has 0 bridgehead atoms. The predicted molar refractivity (Wildman–Crippen MR) is 92.4 cm³/mol. The molecular weight excluding hydrogens is 330 g/mol. The van der Waals surface area contributed by atoms with Gasteiger partial charge >= 0.3 is 5.97 Å². The molecule has 1 heterocycles. The van der Waals surface area contributed by atoms with Crippen molar-refractivity contribution in [2.45, 2.75) is 53.0 Å². The number of aromatic nitrogens is 1. The van der Waals surface area contributed by atoms with Crippen LogP contribution in [-0.4, -0.2) is 51.9 Å². The van der Waals surface area contributed by atoms with E-state index in [0.717, 1.165) is 5.01 Å². The van der Waals surface area contributed by atoms with E-state index in [1.165, 1.54) is 30.1 Å². The van der Waals surface area contributed by atoms with Gasteiger partial charge < -0.3 is 15.3 Å². The minimum Gasteiger partial charge on any atom is -0.480 e. The summed E-state index contributed by atoms with van der Waals surface area (Å²) in [5.74, 6) is -1.69. The molecule has 7 nitrogen and oxygen atoms in total. The molecule has 2 N–H and O–H groups in total. The molecule has 0 aliphatic carbocycles. The number of carbonyl (C=O) groups is 3. The lowest BCUT2D eigenvalue weighted by molar-refractivity contribution is -0.141. The van der Waals surface area contributed by atoms with Crippen molar-refractivity contribution in [1.82, 2.24) is 15.2 Å². The van der Waals surface area contributed by atoms with Crippen LogP contribution in [0.1, 0.15) is 55.0 Å². The standard InChI is InChI=1S/C16H25N3O4S/c1-9-12(24-15(18-9)16(4,5)6)13(21)19(10(2)14(22)23)8-7-17-11(3)20/h10H,7-8H2,1-6H3,(H,17,20)(H,22,23). The van der Waals surface area contributed by atoms with E-state index in [-0.39, 0.29) is 30.3 Å². The SMILES string of the molecule is CC(=O)NCCN(C(=O)c1sc(C(C)(C)C)nc1C)C(C)C(=O)O. The third kappa shape index (κ3) is 5.02. The number of carboxylic acid groups (broad SMARTS) is 1. The molecule has 134 valence electrons. The fourth-order valence-electron chi connectivity index (χ4n) is 2.00. The summed E-state index contributed by atoms with van der Waals surface area (Å²) in [6.07, 6.45) is 0. The summed E-state index contributed by atoms with van der Waals surface area (Å²) in [6.45, 7) is 10.9. The van der Waals surface area contributed by atoms with Crippen LogP contribution in [0.2, 0.25) is 0 Å². The maximum atomic E-state index is 12.8. The summed E-state index contributed by atoms with van der Waals surface area (Å²) in [7, 11) is 0. The van der Waals surface area contributed by atoms with Gasteiger partial charge in [0.1, 0.15) is 10.9 Å². The van der Waals surface area contributed by atoms with E-state index in [2.05, 4.69) is 10.3 Å². The Labute approximate surface area is 146 Å². The number of hydrogen-bond acceptors (Lipinski definition) is 5. The molecule has 0 aliphatic rings. The van der Waals surface area contributed by atoms with Crippen LogP contribution in [0, 0.1) is 6.92 Å². The van der Waals surface area contributed by atoms with Crippen LogP contribution >= 0.6 is 11.3 Å². The number of hydrogen-bond donors (Lipinski definition) is 2. The third-order valence-corrected chi connectivity index (χ3v) is 5.02. The summed E-state index contributed by atoms with van der Waals surface area (Å²) in [6, 6.07) is -0.995. The van der Waals surface area contributed by atoms with E-state index in [4.69, 9.17) is 0 Å². The molecule has 0 spiro atoms. The lowest BCUT2D eigenvalue weighted by atomic mass is 9.98. The van der Waals surface area contributed by atoms with E-state index in [1.807, 2.05) is 20.8 Å². The van der Waals surface area contributed by atoms with Gasteiger partial charge in [-0.2, -0.15) is 0 Å². The van der Waals surface area contributed by atoms with E-state index in [9.17, 15) is 19.5 Å². The maximum absolute atomic E-state index is 12.8. The lowest BCUT2D eigenvalue weighted by Crippen LogP contribution is -2.46. The zero-order valence-electron chi connectivity index (χ0n) is 15.0. The molecule has 1 rings (SSSR count). The average Bonchev–Trinajstić information content (AvgIpc) is 2.84. The zero-order chi connectivity index (χ0) is 18.7. The van der Waals surface area contributed by atoms with Crippen molar-refractivity contribution in [2.75, 3.05) is 13.1 Å². The van der Waals surface area contributed by atoms with Gasteiger partial charge in [0.2, 0.25) is 5.91 Å². The summed E-state index contributed by atoms with van der Waals surface area (Å²) < 4.78 is 0. The second-order valence-corrected chi connectivity index (χ2v) is 7.68. The second kappa shape index (κ2) is 7.74. The molecule has 0 saturated heterocycles. The molecule has 0 saturated carbocycles. The highest BCUT2D eigenvalue weighted by Gasteiger charge is 2.30. The topological polar surface area (TPSA) is 99.6 Å². The molecular formula is C16H25N3O4S. The van der Waals surface area contributed by atoms with Gasteiger partial charge in [-0.3, -0.25) is 9.59 Å². The third-order valence-electron chi connectivity index (χ3n) is 3.44. The first-order valence-corrected chi connectivity index (χ1v) is 8.53. The van der Waals surface area contributed by atoms with Gasteiger partial charge in [0, 0.05) is 25.4 Å². The quantitative estimate of drug-likeness (QED) is 0.810. The number of aliphatic carboxylic acids is 1. The van der Waals surface area contributed by atoms with Crippen molar-refractivity contribution in [2.24, 2.45) is 0 Å². The predicted octanol–water partition coefficient (Wildman–Crippen LogP) is 1.80. The Bertz CT molecular complexity index is 634. The van der Waals surface area contributed by atoms with Crippen molar-refractivity contribution >= 4 is 29.1 Å². The van der Waals surface area contributed by atoms with Crippen molar-refractivity contribution < 1.29 is 19.5 Å². The van der Waals surface area contributed by atoms with Gasteiger partial charge in [0.05, 0.1) is 10.7 Å². The monoisotopic (exact) mass is 355 g/mol. The summed E-state index contributed by atoms with van der Waals surface area (Å²) in [5.41, 5.74) is 0.407. The van der Waals surface area contributed by atoms with Gasteiger partial charge in [-0.1, -0.05) is 20.8 Å². The van der Waals surface area contributed by atoms with Gasteiger partial charge in [-0.05, 0) is 13.8 Å². The Hall–Kier alpha value is -1.96. The Morgan fingerprint density at radius 2 is 1.92 bits per heavy atom. The molecule has 1 atom stereocenters. The van der Waals surface area contributed by atoms with Crippen molar-refractivity contribution in [3.8, 4) is 0 Å². The van der Waals surface area contributed by atoms with Crippen LogP contribution in [0.4, 0.5) is 0 Å². The first-order chi connectivity index (χ1) is 10.9. The summed E-state index contributed by atoms with van der Waals surface area (Å²) in [4.78, 5) is 41.3. The smallest absolute Gasteiger partial charge is 0.326 e. The molecule has 0 aromatic carbocycles. The highest BCUT2D eigenvalue weighted by Crippen LogP contribution is 2.30. The Morgan fingerprint density at radius 1 is 1.33 bits per heavy atom. The number of aryl methyl sites for hydroxylation is 1. The van der Waals surface area contributed by atoms with Gasteiger partial charge in [-0.15, -0.1) is 11.3 Å². The van der Waals surface area contributed by atoms with Gasteiger partial charge in [-0.25, -0.2) is 9.78 Å². The molecule has 2 amide bonds. The maximum Gasteiger partial charge on any atom is 0.326 e. The molecule has 1 unspecified atom stereocenters. The van der Waals surface area contributed by atoms with Crippen LogP contribution in [0.3, 0.4) is 0 Å². The number of nitrogens with zero attached hydrogens (tertiary/aromatic N) is 2. The van der Waals surface area contributed by atoms with Crippen molar-refractivity contribution in [3.63, 3.8) is 0 Å². The minimum atomic E-state index is -1.09. The molecule has 0 radical (unpaired) electrons. The minimum absolute atomic E-state index is 0.119. The zero-order valence-corrected chi connectivity index (χ0v) is 15.8. The normalized spacial score (nSPS) is 12.6. The summed E-state index contributed by atoms with van der Waals surface area (Å²) >= 11 is 1.29. The molecule has 1 aromatic heterocycles. The molecule has 8 heteroatoms. The largest absolute Gasteiger partial charge is 0.480 e.